The minimum atomic E-state index is 0.331. The normalized spacial score (nSPS) is 22.3. The van der Waals surface area contributed by atoms with E-state index >= 15 is 0 Å². The zero-order valence-corrected chi connectivity index (χ0v) is 7.90. The molecule has 14 heavy (non-hydrogen) atoms. The Labute approximate surface area is 81.8 Å². The smallest absolute Gasteiger partial charge is 0.229 e. The fourth-order valence-electron chi connectivity index (χ4n) is 1.39. The van der Waals surface area contributed by atoms with Crippen LogP contribution in [0.15, 0.2) is 4.52 Å². The molecule has 76 valence electrons. The molecule has 1 aliphatic heterocycles. The monoisotopic (exact) mass is 195 g/mol. The summed E-state index contributed by atoms with van der Waals surface area (Å²) in [5.41, 5.74) is 0. The second-order valence-electron chi connectivity index (χ2n) is 3.91. The van der Waals surface area contributed by atoms with E-state index < -0.39 is 0 Å². The maximum absolute atomic E-state index is 5.53. The quantitative estimate of drug-likeness (QED) is 0.755. The van der Waals surface area contributed by atoms with Gasteiger partial charge in [0.15, 0.2) is 5.82 Å². The molecule has 2 heterocycles. The van der Waals surface area contributed by atoms with E-state index in [2.05, 4.69) is 15.5 Å². The first-order valence-electron chi connectivity index (χ1n) is 5.06. The molecule has 2 aliphatic rings. The SMILES string of the molecule is C(OC1CNC1)c1noc(C2CC2)n1. The molecular weight excluding hydrogens is 182 g/mol. The van der Waals surface area contributed by atoms with Crippen molar-refractivity contribution in [2.45, 2.75) is 31.5 Å². The molecule has 0 amide bonds. The van der Waals surface area contributed by atoms with E-state index in [9.17, 15) is 0 Å². The van der Waals surface area contributed by atoms with Crippen molar-refractivity contribution in [1.29, 1.82) is 0 Å². The molecule has 1 aromatic rings. The zero-order valence-electron chi connectivity index (χ0n) is 7.90. The second kappa shape index (κ2) is 3.33. The lowest BCUT2D eigenvalue weighted by Gasteiger charge is -2.26. The lowest BCUT2D eigenvalue weighted by molar-refractivity contribution is 0.00368. The van der Waals surface area contributed by atoms with Crippen LogP contribution in [0.25, 0.3) is 0 Å². The van der Waals surface area contributed by atoms with Crippen LogP contribution in [-0.2, 0) is 11.3 Å². The Morgan fingerprint density at radius 3 is 2.93 bits per heavy atom. The third-order valence-electron chi connectivity index (χ3n) is 2.60. The molecule has 2 fully saturated rings. The third kappa shape index (κ3) is 1.65. The lowest BCUT2D eigenvalue weighted by Crippen LogP contribution is -2.48. The number of hydrogen-bond acceptors (Lipinski definition) is 5. The third-order valence-corrected chi connectivity index (χ3v) is 2.60. The second-order valence-corrected chi connectivity index (χ2v) is 3.91. The van der Waals surface area contributed by atoms with Crippen LogP contribution in [0.5, 0.6) is 0 Å². The minimum absolute atomic E-state index is 0.331. The molecule has 0 aromatic carbocycles. The molecule has 1 N–H and O–H groups in total. The number of rotatable bonds is 4. The maximum atomic E-state index is 5.53. The molecule has 1 aliphatic carbocycles. The van der Waals surface area contributed by atoms with Crippen molar-refractivity contribution in [3.8, 4) is 0 Å². The van der Waals surface area contributed by atoms with Crippen molar-refractivity contribution >= 4 is 0 Å². The molecule has 0 unspecified atom stereocenters. The first-order chi connectivity index (χ1) is 6.92. The zero-order chi connectivity index (χ0) is 9.38. The predicted octanol–water partition coefficient (Wildman–Crippen LogP) is 0.435. The van der Waals surface area contributed by atoms with Crippen molar-refractivity contribution in [1.82, 2.24) is 15.5 Å². The van der Waals surface area contributed by atoms with Crippen molar-refractivity contribution < 1.29 is 9.26 Å². The van der Waals surface area contributed by atoms with Crippen LogP contribution in [0.1, 0.15) is 30.5 Å². The van der Waals surface area contributed by atoms with Gasteiger partial charge in [-0.05, 0) is 12.8 Å². The molecular formula is C9H13N3O2. The Hall–Kier alpha value is -0.940. The minimum Gasteiger partial charge on any atom is -0.367 e. The highest BCUT2D eigenvalue weighted by atomic mass is 16.5. The summed E-state index contributed by atoms with van der Waals surface area (Å²) in [5.74, 6) is 2.00. The van der Waals surface area contributed by atoms with Crippen molar-refractivity contribution in [2.24, 2.45) is 0 Å². The number of ether oxygens (including phenoxy) is 1. The van der Waals surface area contributed by atoms with Gasteiger partial charge in [0.05, 0.1) is 6.10 Å². The highest BCUT2D eigenvalue weighted by Gasteiger charge is 2.29. The molecule has 1 saturated carbocycles. The Bertz CT molecular complexity index is 318. The van der Waals surface area contributed by atoms with Crippen LogP contribution in [0.2, 0.25) is 0 Å². The van der Waals surface area contributed by atoms with E-state index in [0.29, 0.717) is 24.5 Å². The van der Waals surface area contributed by atoms with Crippen molar-refractivity contribution in [3.63, 3.8) is 0 Å². The summed E-state index contributed by atoms with van der Waals surface area (Å²) in [6.45, 7) is 2.35. The summed E-state index contributed by atoms with van der Waals surface area (Å²) in [7, 11) is 0. The number of hydrogen-bond donors (Lipinski definition) is 1. The van der Waals surface area contributed by atoms with Gasteiger partial charge in [0.2, 0.25) is 5.89 Å². The summed E-state index contributed by atoms with van der Waals surface area (Å²) in [6.07, 6.45) is 2.71. The topological polar surface area (TPSA) is 60.2 Å². The fraction of sp³-hybridized carbons (Fsp3) is 0.778. The van der Waals surface area contributed by atoms with E-state index in [1.807, 2.05) is 0 Å². The van der Waals surface area contributed by atoms with Gasteiger partial charge in [0, 0.05) is 19.0 Å². The molecule has 0 radical (unpaired) electrons. The van der Waals surface area contributed by atoms with Crippen LogP contribution < -0.4 is 5.32 Å². The van der Waals surface area contributed by atoms with Gasteiger partial charge < -0.3 is 14.6 Å². The van der Waals surface area contributed by atoms with Crippen LogP contribution in [0.4, 0.5) is 0 Å². The van der Waals surface area contributed by atoms with Gasteiger partial charge in [-0.25, -0.2) is 0 Å². The van der Waals surface area contributed by atoms with Gasteiger partial charge in [-0.3, -0.25) is 0 Å². The molecule has 3 rings (SSSR count). The molecule has 0 spiro atoms. The predicted molar refractivity (Wildman–Crippen MR) is 47.7 cm³/mol. The van der Waals surface area contributed by atoms with Gasteiger partial charge in [-0.1, -0.05) is 5.16 Å². The van der Waals surface area contributed by atoms with E-state index in [0.717, 1.165) is 19.0 Å². The standard InChI is InChI=1S/C9H13N3O2/c1-2-6(1)9-11-8(12-14-9)5-13-7-3-10-4-7/h6-7,10H,1-5H2. The Kier molecular flexibility index (Phi) is 1.99. The molecule has 5 nitrogen and oxygen atoms in total. The average Bonchev–Trinajstić information content (AvgIpc) is 2.85. The molecule has 1 aromatic heterocycles. The fourth-order valence-corrected chi connectivity index (χ4v) is 1.39. The van der Waals surface area contributed by atoms with Gasteiger partial charge in [0.1, 0.15) is 6.61 Å². The maximum Gasteiger partial charge on any atom is 0.229 e. The summed E-state index contributed by atoms with van der Waals surface area (Å²) >= 11 is 0. The van der Waals surface area contributed by atoms with Crippen LogP contribution in [-0.4, -0.2) is 29.3 Å². The van der Waals surface area contributed by atoms with E-state index in [1.165, 1.54) is 12.8 Å². The summed E-state index contributed by atoms with van der Waals surface area (Å²) in [6, 6.07) is 0. The van der Waals surface area contributed by atoms with Gasteiger partial charge in [-0.15, -0.1) is 0 Å². The average molecular weight is 195 g/mol. The van der Waals surface area contributed by atoms with Gasteiger partial charge in [0.25, 0.3) is 0 Å². The van der Waals surface area contributed by atoms with Crippen LogP contribution in [0, 0.1) is 0 Å². The van der Waals surface area contributed by atoms with Crippen LogP contribution >= 0.6 is 0 Å². The Morgan fingerprint density at radius 2 is 2.29 bits per heavy atom. The van der Waals surface area contributed by atoms with Gasteiger partial charge in [-0.2, -0.15) is 4.98 Å². The number of nitrogens with zero attached hydrogens (tertiary/aromatic N) is 2. The van der Waals surface area contributed by atoms with Crippen LogP contribution in [0.3, 0.4) is 0 Å². The van der Waals surface area contributed by atoms with Crippen molar-refractivity contribution in [2.75, 3.05) is 13.1 Å². The summed E-state index contributed by atoms with van der Waals surface area (Å²) in [4.78, 5) is 4.28. The number of aromatic nitrogens is 2. The molecule has 1 saturated heterocycles. The Morgan fingerprint density at radius 1 is 1.43 bits per heavy atom. The lowest BCUT2D eigenvalue weighted by atomic mass is 10.2. The first kappa shape index (κ1) is 8.38. The summed E-state index contributed by atoms with van der Waals surface area (Å²) < 4.78 is 10.6. The first-order valence-corrected chi connectivity index (χ1v) is 5.06. The summed E-state index contributed by atoms with van der Waals surface area (Å²) in [5, 5.41) is 7.02. The number of nitrogens with one attached hydrogen (secondary N) is 1. The van der Waals surface area contributed by atoms with E-state index in [1.54, 1.807) is 0 Å². The highest BCUT2D eigenvalue weighted by molar-refractivity contribution is 5.01. The largest absolute Gasteiger partial charge is 0.367 e. The van der Waals surface area contributed by atoms with Gasteiger partial charge >= 0.3 is 0 Å². The highest BCUT2D eigenvalue weighted by Crippen LogP contribution is 2.38. The molecule has 0 atom stereocenters. The van der Waals surface area contributed by atoms with E-state index in [-0.39, 0.29) is 0 Å². The Balaban J connectivity index is 1.54. The van der Waals surface area contributed by atoms with E-state index in [4.69, 9.17) is 9.26 Å². The van der Waals surface area contributed by atoms with Crippen molar-refractivity contribution in [3.05, 3.63) is 11.7 Å². The molecule has 5 heteroatoms. The molecule has 0 bridgehead atoms.